The predicted molar refractivity (Wildman–Crippen MR) is 58.8 cm³/mol. The fourth-order valence-corrected chi connectivity index (χ4v) is 1.10. The molecule has 0 bridgehead atoms. The number of aliphatic hydroxyl groups excluding tert-OH is 1. The van der Waals surface area contributed by atoms with Crippen molar-refractivity contribution in [3.63, 3.8) is 0 Å². The molecule has 1 rings (SSSR count). The van der Waals surface area contributed by atoms with E-state index in [9.17, 15) is 5.11 Å². The van der Waals surface area contributed by atoms with E-state index < -0.39 is 6.10 Å². The molecule has 1 N–H and O–H groups in total. The smallest absolute Gasteiger partial charge is 0.229 e. The van der Waals surface area contributed by atoms with Crippen LogP contribution in [0.5, 0.6) is 0 Å². The van der Waals surface area contributed by atoms with Gasteiger partial charge in [-0.3, -0.25) is 0 Å². The Kier molecular flexibility index (Phi) is 4.44. The van der Waals surface area contributed by atoms with Crippen molar-refractivity contribution in [3.8, 4) is 0 Å². The zero-order chi connectivity index (χ0) is 12.2. The van der Waals surface area contributed by atoms with E-state index in [2.05, 4.69) is 10.1 Å². The number of hydrogen-bond acceptors (Lipinski definition) is 5. The van der Waals surface area contributed by atoms with Gasteiger partial charge in [0.05, 0.1) is 12.5 Å². The van der Waals surface area contributed by atoms with E-state index in [1.165, 1.54) is 0 Å². The molecular weight excluding hydrogens is 208 g/mol. The molecule has 0 saturated heterocycles. The Morgan fingerprint density at radius 1 is 1.44 bits per heavy atom. The second-order valence-electron chi connectivity index (χ2n) is 4.83. The minimum absolute atomic E-state index is 0.186. The summed E-state index contributed by atoms with van der Waals surface area (Å²) in [4.78, 5) is 4.14. The highest BCUT2D eigenvalue weighted by molar-refractivity contribution is 4.89. The molecule has 1 heterocycles. The van der Waals surface area contributed by atoms with E-state index in [0.717, 1.165) is 0 Å². The monoisotopic (exact) mass is 228 g/mol. The number of hydrogen-bond donors (Lipinski definition) is 1. The number of aromatic nitrogens is 2. The highest BCUT2D eigenvalue weighted by Gasteiger charge is 2.24. The molecule has 0 aliphatic heterocycles. The van der Waals surface area contributed by atoms with E-state index in [4.69, 9.17) is 9.26 Å². The van der Waals surface area contributed by atoms with Crippen molar-refractivity contribution in [2.75, 3.05) is 6.61 Å². The quantitative estimate of drug-likeness (QED) is 0.828. The fraction of sp³-hybridized carbons (Fsp3) is 0.818. The second kappa shape index (κ2) is 5.41. The van der Waals surface area contributed by atoms with Crippen LogP contribution in [0.25, 0.3) is 0 Å². The maximum absolute atomic E-state index is 9.87. The first-order chi connectivity index (χ1) is 7.43. The van der Waals surface area contributed by atoms with Crippen molar-refractivity contribution in [2.45, 2.75) is 46.8 Å². The van der Waals surface area contributed by atoms with Crippen LogP contribution in [0, 0.1) is 5.41 Å². The molecule has 5 heteroatoms. The maximum atomic E-state index is 9.87. The summed E-state index contributed by atoms with van der Waals surface area (Å²) in [5.41, 5.74) is -0.186. The summed E-state index contributed by atoms with van der Waals surface area (Å²) in [5.74, 6) is 0.982. The van der Waals surface area contributed by atoms with Gasteiger partial charge in [0, 0.05) is 6.61 Å². The van der Waals surface area contributed by atoms with Gasteiger partial charge in [0.2, 0.25) is 5.89 Å². The Morgan fingerprint density at radius 3 is 2.69 bits per heavy atom. The summed E-state index contributed by atoms with van der Waals surface area (Å²) in [6, 6.07) is 0. The van der Waals surface area contributed by atoms with Crippen LogP contribution in [0.1, 0.15) is 39.4 Å². The van der Waals surface area contributed by atoms with Gasteiger partial charge in [-0.15, -0.1) is 0 Å². The highest BCUT2D eigenvalue weighted by Crippen LogP contribution is 2.21. The Morgan fingerprint density at radius 2 is 2.12 bits per heavy atom. The van der Waals surface area contributed by atoms with Crippen molar-refractivity contribution in [3.05, 3.63) is 11.7 Å². The molecule has 0 aliphatic rings. The first-order valence-corrected chi connectivity index (χ1v) is 5.50. The molecule has 0 amide bonds. The molecule has 0 aromatic carbocycles. The lowest BCUT2D eigenvalue weighted by Gasteiger charge is -2.24. The molecule has 0 saturated carbocycles. The van der Waals surface area contributed by atoms with Gasteiger partial charge in [0.15, 0.2) is 5.82 Å². The van der Waals surface area contributed by atoms with Crippen molar-refractivity contribution in [1.29, 1.82) is 0 Å². The predicted octanol–water partition coefficient (Wildman–Crippen LogP) is 1.56. The highest BCUT2D eigenvalue weighted by atomic mass is 16.5. The molecule has 16 heavy (non-hydrogen) atoms. The van der Waals surface area contributed by atoms with Crippen LogP contribution in [0.4, 0.5) is 0 Å². The van der Waals surface area contributed by atoms with E-state index in [1.54, 1.807) is 0 Å². The van der Waals surface area contributed by atoms with Crippen molar-refractivity contribution in [1.82, 2.24) is 10.1 Å². The Labute approximate surface area is 95.8 Å². The molecule has 0 aliphatic carbocycles. The molecule has 1 aromatic heterocycles. The van der Waals surface area contributed by atoms with E-state index in [0.29, 0.717) is 31.3 Å². The number of nitrogens with zero attached hydrogens (tertiary/aromatic N) is 2. The van der Waals surface area contributed by atoms with Crippen LogP contribution in [-0.2, 0) is 17.8 Å². The van der Waals surface area contributed by atoms with Crippen LogP contribution >= 0.6 is 0 Å². The van der Waals surface area contributed by atoms with Crippen LogP contribution in [0.15, 0.2) is 4.52 Å². The van der Waals surface area contributed by atoms with Gasteiger partial charge < -0.3 is 14.4 Å². The van der Waals surface area contributed by atoms with Crippen molar-refractivity contribution in [2.24, 2.45) is 5.41 Å². The van der Waals surface area contributed by atoms with Crippen LogP contribution in [0.3, 0.4) is 0 Å². The van der Waals surface area contributed by atoms with Gasteiger partial charge in [0.1, 0.15) is 6.61 Å². The minimum Gasteiger partial charge on any atom is -0.392 e. The standard InChI is InChI=1S/C11H20N2O3/c1-5-15-7-9-12-10(16-13-9)6-8(14)11(2,3)4/h8,14H,5-7H2,1-4H3. The minimum atomic E-state index is -0.493. The van der Waals surface area contributed by atoms with Crippen LogP contribution in [-0.4, -0.2) is 28.0 Å². The van der Waals surface area contributed by atoms with Gasteiger partial charge in [-0.1, -0.05) is 25.9 Å². The first-order valence-electron chi connectivity index (χ1n) is 5.50. The zero-order valence-electron chi connectivity index (χ0n) is 10.4. The Hall–Kier alpha value is -0.940. The summed E-state index contributed by atoms with van der Waals surface area (Å²) in [6.45, 7) is 8.78. The molecule has 1 unspecified atom stereocenters. The van der Waals surface area contributed by atoms with Gasteiger partial charge in [0.25, 0.3) is 0 Å². The fourth-order valence-electron chi connectivity index (χ4n) is 1.10. The summed E-state index contributed by atoms with van der Waals surface area (Å²) in [7, 11) is 0. The van der Waals surface area contributed by atoms with E-state index in [-0.39, 0.29) is 5.41 Å². The van der Waals surface area contributed by atoms with Gasteiger partial charge in [-0.2, -0.15) is 4.98 Å². The molecule has 0 spiro atoms. The normalized spacial score (nSPS) is 14.1. The molecule has 1 aromatic rings. The SMILES string of the molecule is CCOCc1noc(CC(O)C(C)(C)C)n1. The van der Waals surface area contributed by atoms with Gasteiger partial charge >= 0.3 is 0 Å². The lowest BCUT2D eigenvalue weighted by Crippen LogP contribution is -2.28. The Bertz CT molecular complexity index is 317. The van der Waals surface area contributed by atoms with Crippen molar-refractivity contribution >= 4 is 0 Å². The number of ether oxygens (including phenoxy) is 1. The molecule has 1 atom stereocenters. The average Bonchev–Trinajstić information content (AvgIpc) is 2.61. The second-order valence-corrected chi connectivity index (χ2v) is 4.83. The summed E-state index contributed by atoms with van der Waals surface area (Å²) >= 11 is 0. The third-order valence-electron chi connectivity index (χ3n) is 2.31. The van der Waals surface area contributed by atoms with E-state index >= 15 is 0 Å². The third kappa shape index (κ3) is 3.90. The molecule has 0 radical (unpaired) electrons. The number of rotatable bonds is 5. The molecule has 0 fully saturated rings. The Balaban J connectivity index is 2.52. The van der Waals surface area contributed by atoms with Crippen LogP contribution in [0.2, 0.25) is 0 Å². The summed E-state index contributed by atoms with van der Waals surface area (Å²) in [6.07, 6.45) is -0.115. The van der Waals surface area contributed by atoms with E-state index in [1.807, 2.05) is 27.7 Å². The average molecular weight is 228 g/mol. The maximum Gasteiger partial charge on any atom is 0.229 e. The molecular formula is C11H20N2O3. The largest absolute Gasteiger partial charge is 0.392 e. The first kappa shape index (κ1) is 13.1. The van der Waals surface area contributed by atoms with Crippen molar-refractivity contribution < 1.29 is 14.4 Å². The van der Waals surface area contributed by atoms with Gasteiger partial charge in [-0.25, -0.2) is 0 Å². The number of aliphatic hydroxyl groups is 1. The molecule has 5 nitrogen and oxygen atoms in total. The zero-order valence-corrected chi connectivity index (χ0v) is 10.4. The summed E-state index contributed by atoms with van der Waals surface area (Å²) in [5, 5.41) is 13.6. The van der Waals surface area contributed by atoms with Gasteiger partial charge in [-0.05, 0) is 12.3 Å². The topological polar surface area (TPSA) is 68.4 Å². The molecule has 92 valence electrons. The third-order valence-corrected chi connectivity index (χ3v) is 2.31. The van der Waals surface area contributed by atoms with Crippen LogP contribution < -0.4 is 0 Å². The lowest BCUT2D eigenvalue weighted by molar-refractivity contribution is 0.0565. The summed E-state index contributed by atoms with van der Waals surface area (Å²) < 4.78 is 10.2. The lowest BCUT2D eigenvalue weighted by atomic mass is 9.87.